The molecule has 27 heavy (non-hydrogen) atoms. The van der Waals surface area contributed by atoms with Crippen LogP contribution in [0.2, 0.25) is 0 Å². The molecule has 1 saturated carbocycles. The summed E-state index contributed by atoms with van der Waals surface area (Å²) in [7, 11) is -2.01. The lowest BCUT2D eigenvalue weighted by Crippen LogP contribution is -2.41. The van der Waals surface area contributed by atoms with E-state index >= 15 is 0 Å². The minimum atomic E-state index is -3.45. The molecule has 0 amide bonds. The lowest BCUT2D eigenvalue weighted by atomic mass is 9.86. The molecule has 0 spiro atoms. The second kappa shape index (κ2) is 7.62. The zero-order chi connectivity index (χ0) is 19.0. The van der Waals surface area contributed by atoms with E-state index in [1.54, 1.807) is 17.7 Å². The van der Waals surface area contributed by atoms with Crippen LogP contribution in [0.15, 0.2) is 6.33 Å². The second-order valence-electron chi connectivity index (χ2n) is 7.32. The number of hydrogen-bond donors (Lipinski definition) is 1. The number of rotatable bonds is 5. The summed E-state index contributed by atoms with van der Waals surface area (Å²) in [6.07, 6.45) is 8.17. The summed E-state index contributed by atoms with van der Waals surface area (Å²) < 4.78 is 34.7. The molecule has 148 valence electrons. The van der Waals surface area contributed by atoms with Crippen LogP contribution in [-0.2, 0) is 23.2 Å². The zero-order valence-electron chi connectivity index (χ0n) is 15.8. The molecule has 0 unspecified atom stereocenters. The molecule has 0 bridgehead atoms. The van der Waals surface area contributed by atoms with Gasteiger partial charge in [0.1, 0.15) is 17.3 Å². The molecule has 1 aliphatic heterocycles. The van der Waals surface area contributed by atoms with Gasteiger partial charge in [0.15, 0.2) is 0 Å². The molecule has 9 heteroatoms. The van der Waals surface area contributed by atoms with Gasteiger partial charge < -0.3 is 4.74 Å². The lowest BCUT2D eigenvalue weighted by Gasteiger charge is -2.28. The first-order chi connectivity index (χ1) is 13.0. The van der Waals surface area contributed by atoms with Crippen molar-refractivity contribution in [1.82, 2.24) is 19.0 Å². The highest BCUT2D eigenvalue weighted by Crippen LogP contribution is 2.39. The van der Waals surface area contributed by atoms with E-state index in [0.717, 1.165) is 34.5 Å². The quantitative estimate of drug-likeness (QED) is 0.819. The van der Waals surface area contributed by atoms with Crippen molar-refractivity contribution in [2.24, 2.45) is 5.92 Å². The number of ether oxygens (including phenoxy) is 1. The Bertz CT molecular complexity index is 920. The molecule has 2 aromatic heterocycles. The van der Waals surface area contributed by atoms with E-state index in [1.807, 2.05) is 0 Å². The Hall–Kier alpha value is -1.29. The van der Waals surface area contributed by atoms with E-state index in [2.05, 4.69) is 21.6 Å². The highest BCUT2D eigenvalue weighted by Gasteiger charge is 2.31. The largest absolute Gasteiger partial charge is 0.474 e. The van der Waals surface area contributed by atoms with Crippen LogP contribution < -0.4 is 9.46 Å². The molecule has 0 saturated heterocycles. The van der Waals surface area contributed by atoms with Crippen LogP contribution in [0.1, 0.15) is 49.5 Å². The smallest absolute Gasteiger partial charge is 0.279 e. The number of aromatic nitrogens is 2. The van der Waals surface area contributed by atoms with E-state index in [0.29, 0.717) is 25.4 Å². The molecular weight excluding hydrogens is 384 g/mol. The van der Waals surface area contributed by atoms with Gasteiger partial charge in [-0.15, -0.1) is 11.3 Å². The van der Waals surface area contributed by atoms with Crippen molar-refractivity contribution in [3.8, 4) is 5.88 Å². The fourth-order valence-electron chi connectivity index (χ4n) is 4.10. The minimum Gasteiger partial charge on any atom is -0.474 e. The third-order valence-corrected chi connectivity index (χ3v) is 8.51. The molecule has 2 aliphatic rings. The highest BCUT2D eigenvalue weighted by molar-refractivity contribution is 7.87. The van der Waals surface area contributed by atoms with E-state index in [4.69, 9.17) is 4.74 Å². The SMILES string of the molecule is CCC1CCC(Oc2ncnc3sc4c(c23)CN(S(=O)(=O)NC)CC4)CC1. The zero-order valence-corrected chi connectivity index (χ0v) is 17.4. The van der Waals surface area contributed by atoms with Gasteiger partial charge in [0.05, 0.1) is 5.39 Å². The van der Waals surface area contributed by atoms with E-state index in [1.165, 1.54) is 35.5 Å². The molecule has 7 nitrogen and oxygen atoms in total. The van der Waals surface area contributed by atoms with Crippen LogP contribution in [0.3, 0.4) is 0 Å². The number of nitrogens with one attached hydrogen (secondary N) is 1. The molecule has 1 N–H and O–H groups in total. The van der Waals surface area contributed by atoms with Crippen molar-refractivity contribution in [3.05, 3.63) is 16.8 Å². The Morgan fingerprint density at radius 1 is 1.30 bits per heavy atom. The van der Waals surface area contributed by atoms with Crippen LogP contribution in [0.25, 0.3) is 10.2 Å². The van der Waals surface area contributed by atoms with Crippen molar-refractivity contribution in [2.75, 3.05) is 13.6 Å². The predicted octanol–water partition coefficient (Wildman–Crippen LogP) is 2.86. The molecule has 1 fully saturated rings. The second-order valence-corrected chi connectivity index (χ2v) is 10.3. The third kappa shape index (κ3) is 3.70. The summed E-state index contributed by atoms with van der Waals surface area (Å²) in [4.78, 5) is 10.9. The summed E-state index contributed by atoms with van der Waals surface area (Å²) >= 11 is 1.63. The Morgan fingerprint density at radius 2 is 2.07 bits per heavy atom. The summed E-state index contributed by atoms with van der Waals surface area (Å²) in [5, 5.41) is 0.895. The predicted molar refractivity (Wildman–Crippen MR) is 106 cm³/mol. The van der Waals surface area contributed by atoms with Gasteiger partial charge >= 0.3 is 0 Å². The van der Waals surface area contributed by atoms with Gasteiger partial charge in [0, 0.05) is 25.0 Å². The number of hydrogen-bond acceptors (Lipinski definition) is 6. The Labute approximate surface area is 164 Å². The molecule has 1 aliphatic carbocycles. The van der Waals surface area contributed by atoms with Crippen LogP contribution in [-0.4, -0.2) is 42.4 Å². The third-order valence-electron chi connectivity index (χ3n) is 5.81. The maximum atomic E-state index is 12.2. The van der Waals surface area contributed by atoms with Crippen molar-refractivity contribution in [3.63, 3.8) is 0 Å². The average Bonchev–Trinajstić information content (AvgIpc) is 3.07. The van der Waals surface area contributed by atoms with Crippen LogP contribution in [0.4, 0.5) is 0 Å². The van der Waals surface area contributed by atoms with Crippen LogP contribution >= 0.6 is 11.3 Å². The van der Waals surface area contributed by atoms with E-state index < -0.39 is 10.2 Å². The first-order valence-corrected chi connectivity index (χ1v) is 11.9. The molecule has 3 heterocycles. The first-order valence-electron chi connectivity index (χ1n) is 9.62. The van der Waals surface area contributed by atoms with Crippen molar-refractivity contribution >= 4 is 31.8 Å². The van der Waals surface area contributed by atoms with Crippen molar-refractivity contribution in [2.45, 2.75) is 58.1 Å². The molecular formula is C18H26N4O3S2. The highest BCUT2D eigenvalue weighted by atomic mass is 32.2. The molecule has 4 rings (SSSR count). The maximum absolute atomic E-state index is 12.2. The topological polar surface area (TPSA) is 84.4 Å². The minimum absolute atomic E-state index is 0.183. The Morgan fingerprint density at radius 3 is 2.78 bits per heavy atom. The number of thiophene rings is 1. The molecule has 0 aromatic carbocycles. The van der Waals surface area contributed by atoms with Gasteiger partial charge in [0.2, 0.25) is 5.88 Å². The summed E-state index contributed by atoms with van der Waals surface area (Å²) in [6.45, 7) is 3.07. The van der Waals surface area contributed by atoms with Gasteiger partial charge in [-0.1, -0.05) is 13.3 Å². The van der Waals surface area contributed by atoms with Crippen LogP contribution in [0.5, 0.6) is 5.88 Å². The average molecular weight is 411 g/mol. The summed E-state index contributed by atoms with van der Waals surface area (Å²) in [5.74, 6) is 1.42. The van der Waals surface area contributed by atoms with E-state index in [-0.39, 0.29) is 6.10 Å². The van der Waals surface area contributed by atoms with Gasteiger partial charge in [0.25, 0.3) is 10.2 Å². The standard InChI is InChI=1S/C18H26N4O3S2/c1-3-12-4-6-13(7-5-12)25-17-16-14-10-22(27(23,24)19-2)9-8-15(14)26-18(16)21-11-20-17/h11-13,19H,3-10H2,1-2H3. The van der Waals surface area contributed by atoms with Crippen molar-refractivity contribution in [1.29, 1.82) is 0 Å². The first kappa shape index (κ1) is 19.0. The molecule has 0 atom stereocenters. The fraction of sp³-hybridized carbons (Fsp3) is 0.667. The molecule has 2 aromatic rings. The maximum Gasteiger partial charge on any atom is 0.279 e. The normalized spacial score (nSPS) is 24.1. The Balaban J connectivity index is 1.63. The van der Waals surface area contributed by atoms with E-state index in [9.17, 15) is 8.42 Å². The molecule has 0 radical (unpaired) electrons. The van der Waals surface area contributed by atoms with Crippen molar-refractivity contribution < 1.29 is 13.2 Å². The van der Waals surface area contributed by atoms with Gasteiger partial charge in [-0.05, 0) is 43.6 Å². The van der Waals surface area contributed by atoms with Gasteiger partial charge in [-0.2, -0.15) is 12.7 Å². The number of nitrogens with zero attached hydrogens (tertiary/aromatic N) is 3. The number of fused-ring (bicyclic) bond motifs is 3. The van der Waals surface area contributed by atoms with Gasteiger partial charge in [-0.3, -0.25) is 0 Å². The monoisotopic (exact) mass is 410 g/mol. The summed E-state index contributed by atoms with van der Waals surface area (Å²) in [6, 6.07) is 0. The lowest BCUT2D eigenvalue weighted by molar-refractivity contribution is 0.126. The summed E-state index contributed by atoms with van der Waals surface area (Å²) in [5.41, 5.74) is 0.998. The Kier molecular flexibility index (Phi) is 5.37. The fourth-order valence-corrected chi connectivity index (χ4v) is 6.12. The van der Waals surface area contributed by atoms with Crippen LogP contribution in [0, 0.1) is 5.92 Å². The van der Waals surface area contributed by atoms with Gasteiger partial charge in [-0.25, -0.2) is 14.7 Å².